The van der Waals surface area contributed by atoms with Crippen molar-refractivity contribution in [1.29, 1.82) is 0 Å². The van der Waals surface area contributed by atoms with Gasteiger partial charge in [-0.1, -0.05) is 20.8 Å². The molecule has 1 aromatic carbocycles. The summed E-state index contributed by atoms with van der Waals surface area (Å²) in [6.45, 7) is 12.5. The number of benzene rings is 1. The molecule has 1 fully saturated rings. The van der Waals surface area contributed by atoms with E-state index in [-0.39, 0.29) is 36.4 Å². The lowest BCUT2D eigenvalue weighted by Gasteiger charge is -2.37. The van der Waals surface area contributed by atoms with Gasteiger partial charge in [0.1, 0.15) is 12.1 Å². The van der Waals surface area contributed by atoms with Gasteiger partial charge in [0.2, 0.25) is 11.8 Å². The van der Waals surface area contributed by atoms with E-state index in [4.69, 9.17) is 4.74 Å². The van der Waals surface area contributed by atoms with Crippen LogP contribution in [0.1, 0.15) is 64.7 Å². The molecule has 0 aromatic heterocycles. The highest BCUT2D eigenvalue weighted by molar-refractivity contribution is 6.12. The van der Waals surface area contributed by atoms with E-state index in [9.17, 15) is 14.4 Å². The molecule has 2 amide bonds. The van der Waals surface area contributed by atoms with Crippen LogP contribution in [0.2, 0.25) is 0 Å². The van der Waals surface area contributed by atoms with Gasteiger partial charge in [-0.25, -0.2) is 4.79 Å². The molecule has 1 N–H and O–H groups in total. The quantitative estimate of drug-likeness (QED) is 0.748. The Morgan fingerprint density at radius 1 is 1.10 bits per heavy atom. The molecule has 164 valence electrons. The lowest BCUT2D eigenvalue weighted by atomic mass is 9.97. The molecule has 7 nitrogen and oxygen atoms in total. The predicted molar refractivity (Wildman–Crippen MR) is 117 cm³/mol. The van der Waals surface area contributed by atoms with Gasteiger partial charge in [0.15, 0.2) is 0 Å². The molecule has 3 rings (SSSR count). The maximum absolute atomic E-state index is 13.0. The van der Waals surface area contributed by atoms with Crippen molar-refractivity contribution in [2.75, 3.05) is 29.4 Å². The molecule has 0 unspecified atom stereocenters. The first kappa shape index (κ1) is 22.3. The molecule has 0 atom stereocenters. The summed E-state index contributed by atoms with van der Waals surface area (Å²) in [6.07, 6.45) is 1.92. The minimum atomic E-state index is -0.616. The van der Waals surface area contributed by atoms with Crippen LogP contribution in [0, 0.1) is 5.41 Å². The van der Waals surface area contributed by atoms with Crippen molar-refractivity contribution in [1.82, 2.24) is 5.32 Å². The van der Waals surface area contributed by atoms with Crippen molar-refractivity contribution in [3.63, 3.8) is 0 Å². The molecule has 1 aliphatic carbocycles. The van der Waals surface area contributed by atoms with Crippen LogP contribution in [-0.4, -0.2) is 49.1 Å². The second-order valence-electron chi connectivity index (χ2n) is 10.3. The van der Waals surface area contributed by atoms with Gasteiger partial charge in [0.05, 0.1) is 23.5 Å². The maximum Gasteiger partial charge on any atom is 0.338 e. The van der Waals surface area contributed by atoms with Crippen LogP contribution in [0.5, 0.6) is 0 Å². The number of ether oxygens (including phenoxy) is 1. The molecular formula is C23H33N3O4. The molecule has 0 radical (unpaired) electrons. The third kappa shape index (κ3) is 5.39. The number of anilines is 2. The van der Waals surface area contributed by atoms with Gasteiger partial charge in [-0.2, -0.15) is 0 Å². The molecule has 1 heterocycles. The van der Waals surface area contributed by atoms with Gasteiger partial charge in [0.25, 0.3) is 0 Å². The van der Waals surface area contributed by atoms with Crippen LogP contribution in [0.15, 0.2) is 18.2 Å². The molecule has 2 aliphatic rings. The SMILES string of the molecule is CC(C)(C)CNCC(=O)N1CC(=O)N(C2CC2)c2ccc(C(=O)OC(C)(C)C)cc21. The van der Waals surface area contributed by atoms with Crippen LogP contribution in [0.25, 0.3) is 0 Å². The standard InChI is InChI=1S/C23H33N3O4/c1-22(2,3)14-24-12-19(27)25-13-20(28)26(16-8-9-16)17-10-7-15(11-18(17)25)21(29)30-23(4,5)6/h7,10-11,16,24H,8-9,12-14H2,1-6H3. The molecule has 1 aliphatic heterocycles. The van der Waals surface area contributed by atoms with E-state index < -0.39 is 11.6 Å². The average molecular weight is 416 g/mol. The summed E-state index contributed by atoms with van der Waals surface area (Å²) < 4.78 is 5.49. The lowest BCUT2D eigenvalue weighted by molar-refractivity contribution is -0.122. The van der Waals surface area contributed by atoms with Gasteiger partial charge in [0, 0.05) is 12.6 Å². The second kappa shape index (κ2) is 8.02. The van der Waals surface area contributed by atoms with Gasteiger partial charge >= 0.3 is 5.97 Å². The van der Waals surface area contributed by atoms with Crippen molar-refractivity contribution < 1.29 is 19.1 Å². The second-order valence-corrected chi connectivity index (χ2v) is 10.3. The summed E-state index contributed by atoms with van der Waals surface area (Å²) in [5, 5.41) is 3.18. The van der Waals surface area contributed by atoms with Crippen molar-refractivity contribution in [2.24, 2.45) is 5.41 Å². The third-order valence-electron chi connectivity index (χ3n) is 4.87. The molecule has 1 aromatic rings. The zero-order valence-electron chi connectivity index (χ0n) is 18.9. The number of nitrogens with one attached hydrogen (secondary N) is 1. The highest BCUT2D eigenvalue weighted by atomic mass is 16.6. The first-order valence-electron chi connectivity index (χ1n) is 10.6. The molecule has 30 heavy (non-hydrogen) atoms. The zero-order chi connectivity index (χ0) is 22.3. The maximum atomic E-state index is 13.0. The number of carbonyl (C=O) groups is 3. The minimum Gasteiger partial charge on any atom is -0.456 e. The van der Waals surface area contributed by atoms with E-state index >= 15 is 0 Å². The number of amides is 2. The number of hydrogen-bond donors (Lipinski definition) is 1. The Morgan fingerprint density at radius 3 is 2.33 bits per heavy atom. The molecule has 1 saturated carbocycles. The van der Waals surface area contributed by atoms with E-state index in [1.807, 2.05) is 20.8 Å². The smallest absolute Gasteiger partial charge is 0.338 e. The van der Waals surface area contributed by atoms with Gasteiger partial charge in [-0.05, 0) is 57.2 Å². The van der Waals surface area contributed by atoms with Crippen molar-refractivity contribution >= 4 is 29.2 Å². The zero-order valence-corrected chi connectivity index (χ0v) is 18.9. The summed E-state index contributed by atoms with van der Waals surface area (Å²) in [5.41, 5.74) is 1.07. The normalized spacial score (nSPS) is 17.1. The van der Waals surface area contributed by atoms with E-state index in [0.717, 1.165) is 12.8 Å². The molecule has 7 heteroatoms. The van der Waals surface area contributed by atoms with Crippen molar-refractivity contribution in [3.05, 3.63) is 23.8 Å². The van der Waals surface area contributed by atoms with Crippen molar-refractivity contribution in [3.8, 4) is 0 Å². The summed E-state index contributed by atoms with van der Waals surface area (Å²) in [5.74, 6) is -0.719. The van der Waals surface area contributed by atoms with E-state index in [1.165, 1.54) is 4.90 Å². The summed E-state index contributed by atoms with van der Waals surface area (Å²) >= 11 is 0. The minimum absolute atomic E-state index is 0.0166. The summed E-state index contributed by atoms with van der Waals surface area (Å²) in [7, 11) is 0. The number of fused-ring (bicyclic) bond motifs is 1. The van der Waals surface area contributed by atoms with Gasteiger partial charge in [-0.3, -0.25) is 14.5 Å². The lowest BCUT2D eigenvalue weighted by Crippen LogP contribution is -2.51. The highest BCUT2D eigenvalue weighted by Gasteiger charge is 2.41. The number of rotatable bonds is 5. The number of esters is 1. The molecule has 0 bridgehead atoms. The van der Waals surface area contributed by atoms with Crippen LogP contribution in [-0.2, 0) is 14.3 Å². The number of carbonyl (C=O) groups excluding carboxylic acids is 3. The monoisotopic (exact) mass is 415 g/mol. The first-order chi connectivity index (χ1) is 13.9. The van der Waals surface area contributed by atoms with E-state index in [1.54, 1.807) is 23.1 Å². The summed E-state index contributed by atoms with van der Waals surface area (Å²) in [6, 6.07) is 5.28. The Bertz CT molecular complexity index is 847. The Hall–Kier alpha value is -2.41. The predicted octanol–water partition coefficient (Wildman–Crippen LogP) is 3.12. The van der Waals surface area contributed by atoms with Crippen LogP contribution in [0.4, 0.5) is 11.4 Å². The molecule has 0 spiro atoms. The first-order valence-corrected chi connectivity index (χ1v) is 10.6. The number of hydrogen-bond acceptors (Lipinski definition) is 5. The van der Waals surface area contributed by atoms with E-state index in [2.05, 4.69) is 26.1 Å². The van der Waals surface area contributed by atoms with Crippen LogP contribution >= 0.6 is 0 Å². The Kier molecular flexibility index (Phi) is 5.96. The van der Waals surface area contributed by atoms with Crippen LogP contribution in [0.3, 0.4) is 0 Å². The largest absolute Gasteiger partial charge is 0.456 e. The fourth-order valence-corrected chi connectivity index (χ4v) is 3.43. The van der Waals surface area contributed by atoms with Gasteiger partial charge < -0.3 is 15.0 Å². The average Bonchev–Trinajstić information content (AvgIpc) is 3.42. The van der Waals surface area contributed by atoms with E-state index in [0.29, 0.717) is 23.5 Å². The van der Waals surface area contributed by atoms with Crippen LogP contribution < -0.4 is 15.1 Å². The Morgan fingerprint density at radius 2 is 1.77 bits per heavy atom. The Labute approximate surface area is 178 Å². The highest BCUT2D eigenvalue weighted by Crippen LogP contribution is 2.41. The molecular weight excluding hydrogens is 382 g/mol. The van der Waals surface area contributed by atoms with Crippen molar-refractivity contribution in [2.45, 2.75) is 66.0 Å². The fraction of sp³-hybridized carbons (Fsp3) is 0.609. The van der Waals surface area contributed by atoms with Gasteiger partial charge in [-0.15, -0.1) is 0 Å². The fourth-order valence-electron chi connectivity index (χ4n) is 3.43. The third-order valence-corrected chi connectivity index (χ3v) is 4.87. The number of nitrogens with zero attached hydrogens (tertiary/aromatic N) is 2. The Balaban J connectivity index is 1.89. The summed E-state index contributed by atoms with van der Waals surface area (Å²) in [4.78, 5) is 41.6. The topological polar surface area (TPSA) is 79.0 Å². The molecule has 0 saturated heterocycles.